The smallest absolute Gasteiger partial charge is 0.0705 e. The molecule has 0 N–H and O–H groups in total. The Labute approximate surface area is 122 Å². The predicted molar refractivity (Wildman–Crippen MR) is 87.4 cm³/mol. The molecule has 0 aromatic carbocycles. The maximum atomic E-state index is 3.94. The van der Waals surface area contributed by atoms with Gasteiger partial charge in [-0.15, -0.1) is 12.3 Å². The minimum Gasteiger partial charge on any atom is -0.286 e. The van der Waals surface area contributed by atoms with Gasteiger partial charge in [0.15, 0.2) is 0 Å². The summed E-state index contributed by atoms with van der Waals surface area (Å²) >= 11 is 0. The number of nitrogens with zero attached hydrogens (tertiary/aromatic N) is 2. The summed E-state index contributed by atoms with van der Waals surface area (Å²) in [5.41, 5.74) is 2.56. The summed E-state index contributed by atoms with van der Waals surface area (Å²) < 4.78 is 0. The van der Waals surface area contributed by atoms with Crippen molar-refractivity contribution in [2.24, 2.45) is 0 Å². The average Bonchev–Trinajstić information content (AvgIpc) is 2.49. The van der Waals surface area contributed by atoms with Crippen LogP contribution in [0.5, 0.6) is 0 Å². The first kappa shape index (κ1) is 15.3. The normalized spacial score (nSPS) is 24.1. The maximum absolute atomic E-state index is 3.94. The molecule has 0 unspecified atom stereocenters. The third-order valence-electron chi connectivity index (χ3n) is 5.13. The van der Waals surface area contributed by atoms with Gasteiger partial charge in [-0.1, -0.05) is 18.9 Å². The Balaban J connectivity index is 2.02. The molecule has 19 heavy (non-hydrogen) atoms. The molecule has 0 atom stereocenters. The Morgan fingerprint density at radius 3 is 1.84 bits per heavy atom. The molecule has 0 aromatic rings. The van der Waals surface area contributed by atoms with Crippen molar-refractivity contribution in [3.05, 3.63) is 12.3 Å². The fourth-order valence-corrected chi connectivity index (χ4v) is 5.01. The zero-order valence-corrected chi connectivity index (χ0v) is 14.3. The standard InChI is InChI=1S/C16H32N2Si/c1-3-19-15-10-16(2,17-11-6-4-7-12-17)18-13-8-5-9-14-18/h3H,1,4-15,19H2,2H3. The minimum atomic E-state index is -0.0187. The quantitative estimate of drug-likeness (QED) is 0.545. The summed E-state index contributed by atoms with van der Waals surface area (Å²) in [7, 11) is -0.0187. The maximum Gasteiger partial charge on any atom is 0.0705 e. The Kier molecular flexibility index (Phi) is 6.11. The lowest BCUT2D eigenvalue weighted by Crippen LogP contribution is -2.61. The van der Waals surface area contributed by atoms with Gasteiger partial charge in [-0.3, -0.25) is 9.80 Å². The molecule has 2 saturated heterocycles. The van der Waals surface area contributed by atoms with E-state index in [4.69, 9.17) is 0 Å². The third-order valence-corrected chi connectivity index (χ3v) is 6.30. The molecule has 0 aliphatic carbocycles. The molecule has 2 aliphatic heterocycles. The first-order valence-corrected chi connectivity index (χ1v) is 10.2. The van der Waals surface area contributed by atoms with Crippen LogP contribution in [-0.2, 0) is 0 Å². The average molecular weight is 281 g/mol. The van der Waals surface area contributed by atoms with Gasteiger partial charge in [0.25, 0.3) is 0 Å². The molecule has 110 valence electrons. The van der Waals surface area contributed by atoms with Gasteiger partial charge in [0, 0.05) is 9.52 Å². The van der Waals surface area contributed by atoms with Crippen molar-refractivity contribution in [3.8, 4) is 0 Å². The highest BCUT2D eigenvalue weighted by atomic mass is 28.2. The van der Waals surface area contributed by atoms with Crippen molar-refractivity contribution < 1.29 is 0 Å². The van der Waals surface area contributed by atoms with Crippen LogP contribution in [0.2, 0.25) is 6.04 Å². The van der Waals surface area contributed by atoms with E-state index in [-0.39, 0.29) is 9.52 Å². The second-order valence-corrected chi connectivity index (χ2v) is 8.36. The molecule has 2 nitrogen and oxygen atoms in total. The van der Waals surface area contributed by atoms with Crippen molar-refractivity contribution in [2.75, 3.05) is 26.2 Å². The summed E-state index contributed by atoms with van der Waals surface area (Å²) in [6.07, 6.45) is 9.86. The molecule has 2 heterocycles. The molecule has 0 bridgehead atoms. The lowest BCUT2D eigenvalue weighted by molar-refractivity contribution is -0.0671. The van der Waals surface area contributed by atoms with Gasteiger partial charge in [-0.25, -0.2) is 0 Å². The van der Waals surface area contributed by atoms with E-state index in [0.29, 0.717) is 5.66 Å². The van der Waals surface area contributed by atoms with Gasteiger partial charge in [0.05, 0.1) is 5.66 Å². The molecule has 2 rings (SSSR count). The van der Waals surface area contributed by atoms with Crippen LogP contribution in [0.25, 0.3) is 0 Å². The Morgan fingerprint density at radius 2 is 1.42 bits per heavy atom. The Bertz CT molecular complexity index is 250. The number of piperidine rings is 2. The summed E-state index contributed by atoms with van der Waals surface area (Å²) in [5.74, 6) is 0. The van der Waals surface area contributed by atoms with Gasteiger partial charge in [0.2, 0.25) is 0 Å². The van der Waals surface area contributed by atoms with E-state index in [2.05, 4.69) is 29.0 Å². The summed E-state index contributed by atoms with van der Waals surface area (Å²) in [6.45, 7) is 11.8. The molecule has 0 radical (unpaired) electrons. The van der Waals surface area contributed by atoms with Crippen molar-refractivity contribution in [3.63, 3.8) is 0 Å². The lowest BCUT2D eigenvalue weighted by atomic mass is 9.97. The highest BCUT2D eigenvalue weighted by molar-refractivity contribution is 6.41. The van der Waals surface area contributed by atoms with Crippen LogP contribution in [0, 0.1) is 0 Å². The molecule has 3 heteroatoms. The topological polar surface area (TPSA) is 6.48 Å². The fraction of sp³-hybridized carbons (Fsp3) is 0.875. The van der Waals surface area contributed by atoms with Gasteiger partial charge in [-0.05, 0) is 65.2 Å². The summed E-state index contributed by atoms with van der Waals surface area (Å²) in [6, 6.07) is 1.42. The highest BCUT2D eigenvalue weighted by Gasteiger charge is 2.37. The van der Waals surface area contributed by atoms with E-state index in [1.165, 1.54) is 77.2 Å². The van der Waals surface area contributed by atoms with E-state index in [1.54, 1.807) is 0 Å². The Hall–Kier alpha value is -0.123. The van der Waals surface area contributed by atoms with Crippen molar-refractivity contribution in [2.45, 2.75) is 63.6 Å². The van der Waals surface area contributed by atoms with Crippen LogP contribution < -0.4 is 0 Å². The molecule has 0 amide bonds. The van der Waals surface area contributed by atoms with E-state index in [9.17, 15) is 0 Å². The molecule has 0 spiro atoms. The first-order chi connectivity index (χ1) is 9.27. The molecule has 0 aromatic heterocycles. The van der Waals surface area contributed by atoms with Crippen molar-refractivity contribution in [1.29, 1.82) is 0 Å². The zero-order valence-electron chi connectivity index (χ0n) is 12.9. The predicted octanol–water partition coefficient (Wildman–Crippen LogP) is 2.80. The summed E-state index contributed by atoms with van der Waals surface area (Å²) in [5, 5.41) is 0. The van der Waals surface area contributed by atoms with E-state index in [0.717, 1.165) is 0 Å². The Morgan fingerprint density at radius 1 is 0.947 bits per heavy atom. The van der Waals surface area contributed by atoms with Crippen LogP contribution in [0.15, 0.2) is 12.3 Å². The van der Waals surface area contributed by atoms with Crippen LogP contribution in [-0.4, -0.2) is 51.2 Å². The second kappa shape index (κ2) is 7.60. The number of rotatable bonds is 6. The minimum absolute atomic E-state index is 0.0187. The van der Waals surface area contributed by atoms with Crippen molar-refractivity contribution in [1.82, 2.24) is 9.80 Å². The van der Waals surface area contributed by atoms with Crippen LogP contribution in [0.1, 0.15) is 51.9 Å². The fourth-order valence-electron chi connectivity index (χ4n) is 3.85. The lowest BCUT2D eigenvalue weighted by Gasteiger charge is -2.52. The van der Waals surface area contributed by atoms with E-state index >= 15 is 0 Å². The number of hydrogen-bond donors (Lipinski definition) is 0. The van der Waals surface area contributed by atoms with Crippen molar-refractivity contribution >= 4 is 9.52 Å². The van der Waals surface area contributed by atoms with Gasteiger partial charge in [-0.2, -0.15) is 0 Å². The zero-order chi connectivity index (χ0) is 13.6. The van der Waals surface area contributed by atoms with Crippen LogP contribution in [0.4, 0.5) is 0 Å². The summed E-state index contributed by atoms with van der Waals surface area (Å²) in [4.78, 5) is 5.61. The van der Waals surface area contributed by atoms with Gasteiger partial charge >= 0.3 is 0 Å². The number of hydrogen-bond acceptors (Lipinski definition) is 2. The second-order valence-electron chi connectivity index (χ2n) is 6.49. The molecule has 2 aliphatic rings. The van der Waals surface area contributed by atoms with E-state index in [1.807, 2.05) is 0 Å². The first-order valence-electron chi connectivity index (χ1n) is 8.38. The highest BCUT2D eigenvalue weighted by Crippen LogP contribution is 2.31. The monoisotopic (exact) mass is 280 g/mol. The molecule has 0 saturated carbocycles. The molecular formula is C16H32N2Si. The van der Waals surface area contributed by atoms with Gasteiger partial charge < -0.3 is 0 Å². The van der Waals surface area contributed by atoms with Crippen LogP contribution >= 0.6 is 0 Å². The third kappa shape index (κ3) is 3.93. The number of likely N-dealkylation sites (tertiary alicyclic amines) is 2. The molecular weight excluding hydrogens is 248 g/mol. The SMILES string of the molecule is C=C[SiH2]CCC(C)(N1CCCCC1)N1CCCCC1. The van der Waals surface area contributed by atoms with Gasteiger partial charge in [0.1, 0.15) is 0 Å². The van der Waals surface area contributed by atoms with E-state index < -0.39 is 0 Å². The largest absolute Gasteiger partial charge is 0.286 e. The van der Waals surface area contributed by atoms with Crippen LogP contribution in [0.3, 0.4) is 0 Å². The molecule has 2 fully saturated rings.